The Morgan fingerprint density at radius 2 is 2.07 bits per heavy atom. The molecule has 1 aromatic rings. The zero-order valence-corrected chi connectivity index (χ0v) is 7.89. The normalized spacial score (nSPS) is 10.3. The summed E-state index contributed by atoms with van der Waals surface area (Å²) in [5.74, 6) is -1.75. The number of hydrogen-bond donors (Lipinski definition) is 1. The number of hydrogen-bond acceptors (Lipinski definition) is 2. The number of rotatable bonds is 4. The Morgan fingerprint density at radius 3 is 2.64 bits per heavy atom. The largest absolute Gasteiger partial charge is 0.491 e. The van der Waals surface area contributed by atoms with Crippen molar-refractivity contribution in [3.63, 3.8) is 0 Å². The number of halogens is 2. The van der Waals surface area contributed by atoms with Crippen molar-refractivity contribution in [2.45, 2.75) is 12.8 Å². The third-order valence-electron chi connectivity index (χ3n) is 1.94. The molecule has 0 unspecified atom stereocenters. The van der Waals surface area contributed by atoms with E-state index >= 15 is 0 Å². The monoisotopic (exact) mass is 202 g/mol. The van der Waals surface area contributed by atoms with Gasteiger partial charge >= 0.3 is 0 Å². The van der Waals surface area contributed by atoms with E-state index in [4.69, 9.17) is 5.11 Å². The molecule has 2 nitrogen and oxygen atoms in total. The number of aliphatic hydroxyl groups is 1. The van der Waals surface area contributed by atoms with Gasteiger partial charge in [-0.2, -0.15) is 0 Å². The van der Waals surface area contributed by atoms with Gasteiger partial charge in [0.05, 0.1) is 7.11 Å². The van der Waals surface area contributed by atoms with Crippen LogP contribution in [-0.4, -0.2) is 18.8 Å². The van der Waals surface area contributed by atoms with Gasteiger partial charge in [-0.15, -0.1) is 0 Å². The molecule has 0 fully saturated rings. The molecule has 0 spiro atoms. The second-order valence-electron chi connectivity index (χ2n) is 2.88. The molecule has 78 valence electrons. The third-order valence-corrected chi connectivity index (χ3v) is 1.94. The van der Waals surface area contributed by atoms with E-state index in [2.05, 4.69) is 4.74 Å². The molecule has 0 amide bonds. The van der Waals surface area contributed by atoms with Crippen LogP contribution in [0.3, 0.4) is 0 Å². The topological polar surface area (TPSA) is 29.5 Å². The molecule has 4 heteroatoms. The van der Waals surface area contributed by atoms with Gasteiger partial charge in [-0.1, -0.05) is 6.07 Å². The SMILES string of the molecule is COc1c(F)ccc(CCCO)c1F. The molecule has 0 saturated heterocycles. The predicted octanol–water partition coefficient (Wildman–Crippen LogP) is 1.90. The van der Waals surface area contributed by atoms with Gasteiger partial charge in [0.15, 0.2) is 17.4 Å². The Morgan fingerprint density at radius 1 is 1.36 bits per heavy atom. The minimum absolute atomic E-state index is 0.0148. The molecule has 0 aromatic heterocycles. The van der Waals surface area contributed by atoms with Crippen LogP contribution in [0.4, 0.5) is 8.78 Å². The van der Waals surface area contributed by atoms with Gasteiger partial charge in [-0.3, -0.25) is 0 Å². The summed E-state index contributed by atoms with van der Waals surface area (Å²) in [6, 6.07) is 2.53. The fourth-order valence-electron chi connectivity index (χ4n) is 1.22. The quantitative estimate of drug-likeness (QED) is 0.808. The summed E-state index contributed by atoms with van der Waals surface area (Å²) in [5.41, 5.74) is 0.359. The van der Waals surface area contributed by atoms with E-state index in [0.29, 0.717) is 18.4 Å². The van der Waals surface area contributed by atoms with Crippen molar-refractivity contribution in [3.8, 4) is 5.75 Å². The standard InChI is InChI=1S/C10H12F2O2/c1-14-10-8(11)5-4-7(9(10)12)3-2-6-13/h4-5,13H,2-3,6H2,1H3. The second-order valence-corrected chi connectivity index (χ2v) is 2.88. The van der Waals surface area contributed by atoms with Gasteiger partial charge in [0.2, 0.25) is 0 Å². The van der Waals surface area contributed by atoms with Gasteiger partial charge in [-0.25, -0.2) is 8.78 Å². The highest BCUT2D eigenvalue weighted by Crippen LogP contribution is 2.24. The first-order valence-corrected chi connectivity index (χ1v) is 4.32. The lowest BCUT2D eigenvalue weighted by Crippen LogP contribution is -1.99. The number of methoxy groups -OCH3 is 1. The fourth-order valence-corrected chi connectivity index (χ4v) is 1.22. The van der Waals surface area contributed by atoms with Crippen LogP contribution in [-0.2, 0) is 6.42 Å². The molecule has 0 atom stereocenters. The minimum Gasteiger partial charge on any atom is -0.491 e. The average molecular weight is 202 g/mol. The summed E-state index contributed by atoms with van der Waals surface area (Å²) in [4.78, 5) is 0. The molecule has 0 saturated carbocycles. The summed E-state index contributed by atoms with van der Waals surface area (Å²) in [7, 11) is 1.22. The lowest BCUT2D eigenvalue weighted by Gasteiger charge is -2.07. The van der Waals surface area contributed by atoms with E-state index in [1.807, 2.05) is 0 Å². The highest BCUT2D eigenvalue weighted by Gasteiger charge is 2.13. The van der Waals surface area contributed by atoms with Crippen LogP contribution < -0.4 is 4.74 Å². The van der Waals surface area contributed by atoms with Crippen LogP contribution in [0.5, 0.6) is 5.75 Å². The molecule has 0 aliphatic heterocycles. The fraction of sp³-hybridized carbons (Fsp3) is 0.400. The molecule has 0 heterocycles. The Labute approximate surface area is 81.1 Å². The van der Waals surface area contributed by atoms with E-state index in [-0.39, 0.29) is 12.4 Å². The molecular weight excluding hydrogens is 190 g/mol. The molecule has 0 radical (unpaired) electrons. The summed E-state index contributed by atoms with van der Waals surface area (Å²) in [6.07, 6.45) is 0.824. The Hall–Kier alpha value is -1.16. The smallest absolute Gasteiger partial charge is 0.190 e. The second kappa shape index (κ2) is 4.91. The number of ether oxygens (including phenoxy) is 1. The molecule has 1 rings (SSSR count). The summed E-state index contributed by atoms with van der Waals surface area (Å²) in [5, 5.41) is 8.57. The van der Waals surface area contributed by atoms with Gasteiger partial charge in [0.1, 0.15) is 0 Å². The van der Waals surface area contributed by atoms with E-state index in [1.54, 1.807) is 0 Å². The highest BCUT2D eigenvalue weighted by atomic mass is 19.1. The van der Waals surface area contributed by atoms with Crippen molar-refractivity contribution in [3.05, 3.63) is 29.3 Å². The first-order valence-electron chi connectivity index (χ1n) is 4.32. The maximum atomic E-state index is 13.4. The minimum atomic E-state index is -0.710. The zero-order chi connectivity index (χ0) is 10.6. The molecule has 14 heavy (non-hydrogen) atoms. The zero-order valence-electron chi connectivity index (χ0n) is 7.89. The molecule has 1 N–H and O–H groups in total. The van der Waals surface area contributed by atoms with Crippen LogP contribution >= 0.6 is 0 Å². The van der Waals surface area contributed by atoms with Crippen molar-refractivity contribution < 1.29 is 18.6 Å². The van der Waals surface area contributed by atoms with E-state index in [0.717, 1.165) is 6.07 Å². The molecule has 0 aliphatic carbocycles. The number of benzene rings is 1. The summed E-state index contributed by atoms with van der Waals surface area (Å²) < 4.78 is 30.9. The lowest BCUT2D eigenvalue weighted by molar-refractivity contribution is 0.287. The Bertz CT molecular complexity index is 313. The van der Waals surface area contributed by atoms with Crippen LogP contribution in [0.15, 0.2) is 12.1 Å². The highest BCUT2D eigenvalue weighted by molar-refractivity contribution is 5.32. The van der Waals surface area contributed by atoms with Gasteiger partial charge in [0, 0.05) is 6.61 Å². The average Bonchev–Trinajstić information content (AvgIpc) is 2.18. The van der Waals surface area contributed by atoms with Crippen molar-refractivity contribution in [2.75, 3.05) is 13.7 Å². The van der Waals surface area contributed by atoms with Crippen LogP contribution in [0.1, 0.15) is 12.0 Å². The van der Waals surface area contributed by atoms with Crippen molar-refractivity contribution in [1.82, 2.24) is 0 Å². The summed E-state index contributed by atoms with van der Waals surface area (Å²) >= 11 is 0. The van der Waals surface area contributed by atoms with E-state index in [1.165, 1.54) is 13.2 Å². The lowest BCUT2D eigenvalue weighted by atomic mass is 10.1. The van der Waals surface area contributed by atoms with Crippen molar-refractivity contribution >= 4 is 0 Å². The number of aliphatic hydroxyl groups excluding tert-OH is 1. The maximum absolute atomic E-state index is 13.4. The first-order chi connectivity index (χ1) is 6.70. The van der Waals surface area contributed by atoms with Gasteiger partial charge in [0.25, 0.3) is 0 Å². The number of aryl methyl sites for hydroxylation is 1. The van der Waals surface area contributed by atoms with Crippen LogP contribution in [0.2, 0.25) is 0 Å². The maximum Gasteiger partial charge on any atom is 0.190 e. The van der Waals surface area contributed by atoms with Crippen LogP contribution in [0.25, 0.3) is 0 Å². The van der Waals surface area contributed by atoms with E-state index in [9.17, 15) is 8.78 Å². The third kappa shape index (κ3) is 2.20. The Balaban J connectivity index is 2.96. The van der Waals surface area contributed by atoms with Gasteiger partial charge < -0.3 is 9.84 Å². The predicted molar refractivity (Wildman–Crippen MR) is 48.3 cm³/mol. The molecule has 1 aromatic carbocycles. The Kier molecular flexibility index (Phi) is 3.83. The van der Waals surface area contributed by atoms with Crippen molar-refractivity contribution in [1.29, 1.82) is 0 Å². The van der Waals surface area contributed by atoms with Crippen molar-refractivity contribution in [2.24, 2.45) is 0 Å². The summed E-state index contributed by atoms with van der Waals surface area (Å²) in [6.45, 7) is -0.0148. The molecular formula is C10H12F2O2. The van der Waals surface area contributed by atoms with E-state index < -0.39 is 11.6 Å². The van der Waals surface area contributed by atoms with Crippen LogP contribution in [0, 0.1) is 11.6 Å². The molecule has 0 bridgehead atoms. The van der Waals surface area contributed by atoms with Gasteiger partial charge in [-0.05, 0) is 24.5 Å². The first kappa shape index (κ1) is 10.9. The molecule has 0 aliphatic rings.